The third-order valence-corrected chi connectivity index (χ3v) is 1.82. The number of carboxylic acids is 1. The summed E-state index contributed by atoms with van der Waals surface area (Å²) >= 11 is 0. The lowest BCUT2D eigenvalue weighted by Gasteiger charge is -2.03. The Morgan fingerprint density at radius 2 is 2.13 bits per heavy atom. The van der Waals surface area contributed by atoms with Crippen LogP contribution in [-0.2, 0) is 9.59 Å². The summed E-state index contributed by atoms with van der Waals surface area (Å²) in [6, 6.07) is 0. The van der Waals surface area contributed by atoms with E-state index in [-0.39, 0.29) is 12.6 Å². The number of aliphatic hydroxyl groups is 1. The second kappa shape index (κ2) is 7.99. The van der Waals surface area contributed by atoms with Gasteiger partial charge < -0.3 is 15.5 Å². The highest BCUT2D eigenvalue weighted by Crippen LogP contribution is 2.01. The van der Waals surface area contributed by atoms with Crippen molar-refractivity contribution in [2.24, 2.45) is 0 Å². The van der Waals surface area contributed by atoms with Crippen molar-refractivity contribution in [2.45, 2.75) is 32.3 Å². The Morgan fingerprint density at radius 1 is 1.47 bits per heavy atom. The number of aliphatic carboxylic acids is 1. The van der Waals surface area contributed by atoms with Crippen LogP contribution in [0.5, 0.6) is 0 Å². The van der Waals surface area contributed by atoms with E-state index in [4.69, 9.17) is 5.11 Å². The lowest BCUT2D eigenvalue weighted by Crippen LogP contribution is -2.27. The van der Waals surface area contributed by atoms with Gasteiger partial charge in [0.25, 0.3) is 0 Å². The molecule has 1 amide bonds. The number of carbonyl (C=O) groups is 2. The van der Waals surface area contributed by atoms with Crippen LogP contribution in [-0.4, -0.2) is 34.7 Å². The summed E-state index contributed by atoms with van der Waals surface area (Å²) in [4.78, 5) is 21.0. The van der Waals surface area contributed by atoms with Crippen LogP contribution in [0.3, 0.4) is 0 Å². The number of carboxylic acid groups (broad SMARTS) is 1. The van der Waals surface area contributed by atoms with Gasteiger partial charge in [0.1, 0.15) is 6.54 Å². The van der Waals surface area contributed by atoms with Crippen molar-refractivity contribution in [2.75, 3.05) is 6.54 Å². The molecule has 0 fully saturated rings. The van der Waals surface area contributed by atoms with Crippen LogP contribution in [0.25, 0.3) is 0 Å². The molecule has 3 N–H and O–H groups in total. The molecule has 0 spiro atoms. The van der Waals surface area contributed by atoms with Gasteiger partial charge in [-0.3, -0.25) is 9.59 Å². The van der Waals surface area contributed by atoms with Crippen molar-refractivity contribution in [1.29, 1.82) is 0 Å². The summed E-state index contributed by atoms with van der Waals surface area (Å²) in [5.74, 6) is -1.50. The molecule has 0 rings (SSSR count). The average Bonchev–Trinajstić information content (AvgIpc) is 2.21. The molecule has 0 aromatic carbocycles. The number of amides is 1. The number of carbonyl (C=O) groups excluding carboxylic acids is 1. The summed E-state index contributed by atoms with van der Waals surface area (Å²) in [7, 11) is 0. The van der Waals surface area contributed by atoms with E-state index in [1.165, 1.54) is 6.08 Å². The molecule has 5 nitrogen and oxygen atoms in total. The molecule has 5 heteroatoms. The Morgan fingerprint density at radius 3 is 2.67 bits per heavy atom. The van der Waals surface area contributed by atoms with Crippen LogP contribution in [0.1, 0.15) is 26.2 Å². The highest BCUT2D eigenvalue weighted by atomic mass is 16.4. The van der Waals surface area contributed by atoms with Crippen molar-refractivity contribution in [3.05, 3.63) is 12.2 Å². The van der Waals surface area contributed by atoms with E-state index < -0.39 is 11.9 Å². The molecule has 1 unspecified atom stereocenters. The molecule has 0 bridgehead atoms. The normalized spacial score (nSPS) is 12.7. The van der Waals surface area contributed by atoms with Gasteiger partial charge in [0.15, 0.2) is 0 Å². The minimum atomic E-state index is -1.07. The lowest BCUT2D eigenvalue weighted by atomic mass is 10.1. The summed E-state index contributed by atoms with van der Waals surface area (Å²) < 4.78 is 0. The van der Waals surface area contributed by atoms with Crippen molar-refractivity contribution in [1.82, 2.24) is 5.32 Å². The fraction of sp³-hybridized carbons (Fsp3) is 0.600. The summed E-state index contributed by atoms with van der Waals surface area (Å²) in [6.45, 7) is 1.51. The summed E-state index contributed by atoms with van der Waals surface area (Å²) in [5, 5.41) is 19.7. The Hall–Kier alpha value is -1.36. The molecule has 86 valence electrons. The predicted octanol–water partition coefficient (Wildman–Crippen LogP) is 0.294. The van der Waals surface area contributed by atoms with Crippen LogP contribution >= 0.6 is 0 Å². The zero-order chi connectivity index (χ0) is 11.7. The van der Waals surface area contributed by atoms with Crippen LogP contribution < -0.4 is 5.32 Å². The van der Waals surface area contributed by atoms with Crippen molar-refractivity contribution in [3.8, 4) is 0 Å². The maximum atomic E-state index is 10.9. The van der Waals surface area contributed by atoms with E-state index in [0.29, 0.717) is 19.3 Å². The minimum absolute atomic E-state index is 0.336. The highest BCUT2D eigenvalue weighted by Gasteiger charge is 2.00. The molecule has 0 heterocycles. The van der Waals surface area contributed by atoms with Crippen LogP contribution in [0.4, 0.5) is 0 Å². The van der Waals surface area contributed by atoms with Crippen molar-refractivity contribution < 1.29 is 19.8 Å². The maximum absolute atomic E-state index is 10.9. The van der Waals surface area contributed by atoms with Gasteiger partial charge in [0.2, 0.25) is 5.91 Å². The molecular formula is C10H17NO4. The number of nitrogens with one attached hydrogen (secondary N) is 1. The maximum Gasteiger partial charge on any atom is 0.322 e. The largest absolute Gasteiger partial charge is 0.480 e. The number of allylic oxidation sites excluding steroid dienone is 1. The molecule has 0 aromatic heterocycles. The van der Waals surface area contributed by atoms with Crippen molar-refractivity contribution in [3.63, 3.8) is 0 Å². The zero-order valence-corrected chi connectivity index (χ0v) is 8.77. The Labute approximate surface area is 88.8 Å². The molecule has 0 radical (unpaired) electrons. The molecule has 0 aliphatic rings. The van der Waals surface area contributed by atoms with Gasteiger partial charge in [0, 0.05) is 0 Å². The Bertz CT molecular complexity index is 238. The second-order valence-corrected chi connectivity index (χ2v) is 3.15. The molecule has 15 heavy (non-hydrogen) atoms. The fourth-order valence-electron chi connectivity index (χ4n) is 0.905. The Balaban J connectivity index is 3.58. The topological polar surface area (TPSA) is 86.6 Å². The molecule has 0 saturated carbocycles. The zero-order valence-electron chi connectivity index (χ0n) is 8.77. The molecule has 0 aliphatic heterocycles. The van der Waals surface area contributed by atoms with E-state index >= 15 is 0 Å². The highest BCUT2D eigenvalue weighted by molar-refractivity contribution is 5.89. The second-order valence-electron chi connectivity index (χ2n) is 3.15. The quantitative estimate of drug-likeness (QED) is 0.533. The fourth-order valence-corrected chi connectivity index (χ4v) is 0.905. The lowest BCUT2D eigenvalue weighted by molar-refractivity contribution is -0.137. The molecule has 0 aromatic rings. The summed E-state index contributed by atoms with van der Waals surface area (Å²) in [5.41, 5.74) is 0. The summed E-state index contributed by atoms with van der Waals surface area (Å²) in [6.07, 6.45) is 4.48. The Kier molecular flexibility index (Phi) is 7.27. The van der Waals surface area contributed by atoms with Gasteiger partial charge in [0.05, 0.1) is 6.10 Å². The van der Waals surface area contributed by atoms with Gasteiger partial charge in [-0.15, -0.1) is 0 Å². The minimum Gasteiger partial charge on any atom is -0.480 e. The number of aliphatic hydroxyl groups excluding tert-OH is 1. The van der Waals surface area contributed by atoms with E-state index in [2.05, 4.69) is 5.32 Å². The molecule has 0 saturated heterocycles. The first kappa shape index (κ1) is 13.6. The molecule has 0 aliphatic carbocycles. The number of hydrogen-bond acceptors (Lipinski definition) is 3. The van der Waals surface area contributed by atoms with Gasteiger partial charge in [-0.1, -0.05) is 13.0 Å². The van der Waals surface area contributed by atoms with E-state index in [0.717, 1.165) is 0 Å². The monoisotopic (exact) mass is 215 g/mol. The molecule has 1 atom stereocenters. The standard InChI is InChI=1S/C10H17NO4/c1-2-8(12)5-3-4-6-9(13)11-7-10(14)15/h4,6,8,12H,2-3,5,7H2,1H3,(H,11,13)(H,14,15)/b6-4+. The smallest absolute Gasteiger partial charge is 0.322 e. The molecular weight excluding hydrogens is 198 g/mol. The first-order valence-corrected chi connectivity index (χ1v) is 4.90. The average molecular weight is 215 g/mol. The van der Waals surface area contributed by atoms with Crippen LogP contribution in [0, 0.1) is 0 Å². The number of rotatable bonds is 7. The van der Waals surface area contributed by atoms with Crippen molar-refractivity contribution >= 4 is 11.9 Å². The van der Waals surface area contributed by atoms with Crippen LogP contribution in [0.15, 0.2) is 12.2 Å². The third-order valence-electron chi connectivity index (χ3n) is 1.82. The first-order chi connectivity index (χ1) is 7.06. The predicted molar refractivity (Wildman–Crippen MR) is 55.3 cm³/mol. The third kappa shape index (κ3) is 8.96. The van der Waals surface area contributed by atoms with E-state index in [1.807, 2.05) is 6.92 Å². The van der Waals surface area contributed by atoms with Gasteiger partial charge in [-0.25, -0.2) is 0 Å². The first-order valence-electron chi connectivity index (χ1n) is 4.90. The van der Waals surface area contributed by atoms with Gasteiger partial charge in [-0.2, -0.15) is 0 Å². The van der Waals surface area contributed by atoms with E-state index in [9.17, 15) is 14.7 Å². The van der Waals surface area contributed by atoms with Crippen LogP contribution in [0.2, 0.25) is 0 Å². The van der Waals surface area contributed by atoms with Gasteiger partial charge in [-0.05, 0) is 25.3 Å². The van der Waals surface area contributed by atoms with Gasteiger partial charge >= 0.3 is 5.97 Å². The SMILES string of the molecule is CCC(O)CC/C=C/C(=O)NCC(=O)O. The number of hydrogen-bond donors (Lipinski definition) is 3. The van der Waals surface area contributed by atoms with E-state index in [1.54, 1.807) is 6.08 Å².